The number of halogens is 2. The Bertz CT molecular complexity index is 940. The molecule has 1 aromatic carbocycles. The number of aliphatic imine (C=N–C) groups is 1. The topological polar surface area (TPSA) is 89.1 Å². The first-order valence-electron chi connectivity index (χ1n) is 7.97. The number of allylic oxidation sites excluding steroid dienone is 1. The number of rotatable bonds is 7. The maximum atomic E-state index is 12.2. The molecule has 0 aliphatic heterocycles. The Kier molecular flexibility index (Phi) is 6.16. The first kappa shape index (κ1) is 18.6. The Morgan fingerprint density at radius 1 is 1.19 bits per heavy atom. The quantitative estimate of drug-likeness (QED) is 0.603. The minimum atomic E-state index is -2.51. The van der Waals surface area contributed by atoms with Gasteiger partial charge in [0.2, 0.25) is 5.95 Å². The van der Waals surface area contributed by atoms with Crippen molar-refractivity contribution in [2.45, 2.75) is 6.43 Å². The smallest absolute Gasteiger partial charge is 0.257 e. The summed E-state index contributed by atoms with van der Waals surface area (Å²) in [5, 5.41) is 5.65. The van der Waals surface area contributed by atoms with Gasteiger partial charge in [-0.05, 0) is 6.07 Å². The van der Waals surface area contributed by atoms with Crippen molar-refractivity contribution in [3.8, 4) is 22.0 Å². The Balaban J connectivity index is 1.76. The van der Waals surface area contributed by atoms with Gasteiger partial charge in [0.15, 0.2) is 0 Å². The number of alkyl halides is 2. The number of anilines is 1. The number of hydrogen-bond donors (Lipinski definition) is 2. The van der Waals surface area contributed by atoms with Gasteiger partial charge in [-0.2, -0.15) is 0 Å². The lowest BCUT2D eigenvalue weighted by Gasteiger charge is -2.05. The zero-order valence-corrected chi connectivity index (χ0v) is 14.9. The van der Waals surface area contributed by atoms with E-state index in [9.17, 15) is 8.78 Å². The number of nitrogens with one attached hydrogen (secondary N) is 1. The molecular formula is C18H16F2N6S. The van der Waals surface area contributed by atoms with Gasteiger partial charge in [-0.3, -0.25) is 4.99 Å². The molecule has 0 aliphatic rings. The van der Waals surface area contributed by atoms with E-state index in [2.05, 4.69) is 25.3 Å². The molecule has 0 amide bonds. The van der Waals surface area contributed by atoms with Crippen LogP contribution in [0.25, 0.3) is 22.0 Å². The summed E-state index contributed by atoms with van der Waals surface area (Å²) in [4.78, 5) is 16.7. The van der Waals surface area contributed by atoms with E-state index in [1.165, 1.54) is 23.8 Å². The summed E-state index contributed by atoms with van der Waals surface area (Å²) in [6.45, 7) is -0.596. The van der Waals surface area contributed by atoms with Crippen LogP contribution in [0.1, 0.15) is 0 Å². The van der Waals surface area contributed by atoms with Gasteiger partial charge < -0.3 is 11.1 Å². The number of thiazole rings is 1. The molecule has 0 fully saturated rings. The molecule has 0 aliphatic carbocycles. The highest BCUT2D eigenvalue weighted by molar-refractivity contribution is 7.13. The summed E-state index contributed by atoms with van der Waals surface area (Å²) < 4.78 is 24.3. The van der Waals surface area contributed by atoms with Crippen LogP contribution in [0, 0.1) is 0 Å². The van der Waals surface area contributed by atoms with Crippen LogP contribution in [0.2, 0.25) is 0 Å². The molecule has 138 valence electrons. The Labute approximate surface area is 158 Å². The monoisotopic (exact) mass is 386 g/mol. The summed E-state index contributed by atoms with van der Waals surface area (Å²) in [5.74, 6) is 0.266. The molecule has 2 heterocycles. The molecule has 27 heavy (non-hydrogen) atoms. The zero-order valence-electron chi connectivity index (χ0n) is 14.1. The van der Waals surface area contributed by atoms with Crippen molar-refractivity contribution < 1.29 is 8.78 Å². The molecule has 0 saturated heterocycles. The first-order chi connectivity index (χ1) is 13.2. The standard InChI is InChI=1S/C18H16F2N6S/c19-16(20)10-22-9-13(8-21)24-18-23-7-6-14(26-18)15-11-27-17(25-15)12-4-2-1-3-5-12/h1-9,11,16H,10,21H2,(H,23,24,26)/b13-8+,22-9?. The molecule has 3 aromatic rings. The predicted octanol–water partition coefficient (Wildman–Crippen LogP) is 3.82. The van der Waals surface area contributed by atoms with Crippen LogP contribution in [0.15, 0.2) is 64.9 Å². The molecule has 2 aromatic heterocycles. The highest BCUT2D eigenvalue weighted by Crippen LogP contribution is 2.28. The van der Waals surface area contributed by atoms with Crippen molar-refractivity contribution in [1.29, 1.82) is 0 Å². The molecule has 6 nitrogen and oxygen atoms in total. The van der Waals surface area contributed by atoms with Gasteiger partial charge in [-0.15, -0.1) is 11.3 Å². The fraction of sp³-hybridized carbons (Fsp3) is 0.111. The molecule has 9 heteroatoms. The number of aromatic nitrogens is 3. The third-order valence-electron chi connectivity index (χ3n) is 3.35. The second kappa shape index (κ2) is 8.95. The minimum absolute atomic E-state index is 0.266. The molecule has 0 radical (unpaired) electrons. The third-order valence-corrected chi connectivity index (χ3v) is 4.24. The van der Waals surface area contributed by atoms with Crippen LogP contribution in [-0.2, 0) is 0 Å². The molecule has 0 atom stereocenters. The summed E-state index contributed by atoms with van der Waals surface area (Å²) >= 11 is 1.52. The summed E-state index contributed by atoms with van der Waals surface area (Å²) in [7, 11) is 0. The fourth-order valence-corrected chi connectivity index (χ4v) is 2.96. The average molecular weight is 386 g/mol. The van der Waals surface area contributed by atoms with Gasteiger partial charge in [0, 0.05) is 29.6 Å². The first-order valence-corrected chi connectivity index (χ1v) is 8.85. The normalized spacial score (nSPS) is 12.0. The zero-order chi connectivity index (χ0) is 19.1. The van der Waals surface area contributed by atoms with Gasteiger partial charge >= 0.3 is 0 Å². The van der Waals surface area contributed by atoms with E-state index in [0.29, 0.717) is 17.1 Å². The fourth-order valence-electron chi connectivity index (χ4n) is 2.14. The molecule has 0 bridgehead atoms. The molecule has 0 spiro atoms. The lowest BCUT2D eigenvalue weighted by molar-refractivity contribution is 0.159. The Morgan fingerprint density at radius 2 is 2.00 bits per heavy atom. The SMILES string of the molecule is N/C=C(\C=NCC(F)F)Nc1nccc(-c2csc(-c3ccccc3)n2)n1. The lowest BCUT2D eigenvalue weighted by atomic mass is 10.2. The largest absolute Gasteiger partial charge is 0.403 e. The number of hydrogen-bond acceptors (Lipinski definition) is 7. The molecule has 0 saturated carbocycles. The summed E-state index contributed by atoms with van der Waals surface area (Å²) in [5.41, 5.74) is 8.18. The van der Waals surface area contributed by atoms with Crippen LogP contribution in [0.3, 0.4) is 0 Å². The number of nitrogens with two attached hydrogens (primary N) is 1. The molecular weight excluding hydrogens is 370 g/mol. The third kappa shape index (κ3) is 5.14. The molecule has 3 rings (SSSR count). The Hall–Kier alpha value is -3.20. The van der Waals surface area contributed by atoms with E-state index in [0.717, 1.165) is 10.6 Å². The van der Waals surface area contributed by atoms with Crippen LogP contribution in [0.5, 0.6) is 0 Å². The van der Waals surface area contributed by atoms with Crippen molar-refractivity contribution in [2.24, 2.45) is 10.7 Å². The summed E-state index contributed by atoms with van der Waals surface area (Å²) in [6, 6.07) is 11.6. The van der Waals surface area contributed by atoms with Crippen LogP contribution in [-0.4, -0.2) is 34.1 Å². The van der Waals surface area contributed by atoms with E-state index >= 15 is 0 Å². The second-order valence-corrected chi connectivity index (χ2v) is 6.16. The number of benzene rings is 1. The van der Waals surface area contributed by atoms with E-state index < -0.39 is 13.0 Å². The van der Waals surface area contributed by atoms with Gasteiger partial charge in [0.25, 0.3) is 6.43 Å². The highest BCUT2D eigenvalue weighted by Gasteiger charge is 2.09. The predicted molar refractivity (Wildman–Crippen MR) is 104 cm³/mol. The summed E-state index contributed by atoms with van der Waals surface area (Å²) in [6.07, 6.45) is 1.50. The Morgan fingerprint density at radius 3 is 2.74 bits per heavy atom. The highest BCUT2D eigenvalue weighted by atomic mass is 32.1. The van der Waals surface area contributed by atoms with E-state index in [-0.39, 0.29) is 5.95 Å². The van der Waals surface area contributed by atoms with E-state index in [4.69, 9.17) is 5.73 Å². The average Bonchev–Trinajstić information content (AvgIpc) is 3.18. The molecule has 0 unspecified atom stereocenters. The van der Waals surface area contributed by atoms with Crippen molar-refractivity contribution in [2.75, 3.05) is 11.9 Å². The van der Waals surface area contributed by atoms with Gasteiger partial charge in [0.05, 0.1) is 17.9 Å². The van der Waals surface area contributed by atoms with Crippen molar-refractivity contribution in [1.82, 2.24) is 15.0 Å². The van der Waals surface area contributed by atoms with Crippen LogP contribution >= 0.6 is 11.3 Å². The number of nitrogens with zero attached hydrogens (tertiary/aromatic N) is 4. The second-order valence-electron chi connectivity index (χ2n) is 5.30. The maximum absolute atomic E-state index is 12.2. The van der Waals surface area contributed by atoms with Crippen molar-refractivity contribution in [3.05, 3.63) is 59.9 Å². The van der Waals surface area contributed by atoms with Crippen molar-refractivity contribution >= 4 is 23.5 Å². The van der Waals surface area contributed by atoms with Gasteiger partial charge in [-0.1, -0.05) is 30.3 Å². The van der Waals surface area contributed by atoms with Gasteiger partial charge in [-0.25, -0.2) is 23.7 Å². The van der Waals surface area contributed by atoms with E-state index in [1.54, 1.807) is 12.3 Å². The lowest BCUT2D eigenvalue weighted by Crippen LogP contribution is -2.08. The van der Waals surface area contributed by atoms with Gasteiger partial charge in [0.1, 0.15) is 10.7 Å². The molecule has 3 N–H and O–H groups in total. The van der Waals surface area contributed by atoms with Crippen molar-refractivity contribution in [3.63, 3.8) is 0 Å². The maximum Gasteiger partial charge on any atom is 0.257 e. The van der Waals surface area contributed by atoms with Crippen LogP contribution < -0.4 is 11.1 Å². The van der Waals surface area contributed by atoms with E-state index in [1.807, 2.05) is 35.7 Å². The minimum Gasteiger partial charge on any atom is -0.403 e. The van der Waals surface area contributed by atoms with Crippen LogP contribution in [0.4, 0.5) is 14.7 Å².